The first-order valence-electron chi connectivity index (χ1n) is 11.4. The van der Waals surface area contributed by atoms with E-state index in [2.05, 4.69) is 28.2 Å². The molecule has 3 aromatic rings. The molecule has 1 N–H and O–H groups in total. The molecule has 7 nitrogen and oxygen atoms in total. The van der Waals surface area contributed by atoms with Gasteiger partial charge in [0.2, 0.25) is 0 Å². The van der Waals surface area contributed by atoms with Gasteiger partial charge in [0.05, 0.1) is 18.8 Å². The minimum absolute atomic E-state index is 0.205. The van der Waals surface area contributed by atoms with Gasteiger partial charge in [0.15, 0.2) is 11.5 Å². The normalized spacial score (nSPS) is 12.1. The summed E-state index contributed by atoms with van der Waals surface area (Å²) in [5.74, 6) is 2.18. The lowest BCUT2D eigenvalue weighted by molar-refractivity contribution is 0.0730. The lowest BCUT2D eigenvalue weighted by Gasteiger charge is -2.21. The summed E-state index contributed by atoms with van der Waals surface area (Å²) in [6.07, 6.45) is -0.610. The second kappa shape index (κ2) is 12.3. The molecule has 33 heavy (non-hydrogen) atoms. The number of nitrogens with zero attached hydrogens (tertiary/aromatic N) is 3. The molecular weight excluding hydrogens is 418 g/mol. The topological polar surface area (TPSA) is 69.0 Å². The number of hydrogen-bond donors (Lipinski definition) is 1. The maximum absolute atomic E-state index is 10.4. The fraction of sp³-hybridized carbons (Fsp3) is 0.423. The Morgan fingerprint density at radius 1 is 1.00 bits per heavy atom. The summed E-state index contributed by atoms with van der Waals surface area (Å²) in [7, 11) is 1.98. The van der Waals surface area contributed by atoms with Crippen LogP contribution in [0, 0.1) is 13.8 Å². The fourth-order valence-electron chi connectivity index (χ4n) is 3.66. The second-order valence-electron chi connectivity index (χ2n) is 8.18. The van der Waals surface area contributed by atoms with Gasteiger partial charge in [-0.3, -0.25) is 9.58 Å². The van der Waals surface area contributed by atoms with Crippen molar-refractivity contribution in [2.45, 2.75) is 40.0 Å². The van der Waals surface area contributed by atoms with Crippen LogP contribution in [-0.2, 0) is 13.1 Å². The van der Waals surface area contributed by atoms with Gasteiger partial charge in [0, 0.05) is 18.8 Å². The van der Waals surface area contributed by atoms with Crippen LogP contribution in [0.5, 0.6) is 17.2 Å². The van der Waals surface area contributed by atoms with E-state index in [0.717, 1.165) is 35.8 Å². The maximum Gasteiger partial charge on any atom is 0.161 e. The van der Waals surface area contributed by atoms with Gasteiger partial charge in [-0.15, -0.1) is 0 Å². The summed E-state index contributed by atoms with van der Waals surface area (Å²) in [6, 6.07) is 17.6. The third kappa shape index (κ3) is 7.80. The summed E-state index contributed by atoms with van der Waals surface area (Å²) < 4.78 is 19.2. The zero-order valence-electron chi connectivity index (χ0n) is 20.0. The van der Waals surface area contributed by atoms with Crippen molar-refractivity contribution in [1.29, 1.82) is 0 Å². The molecule has 0 aliphatic heterocycles. The maximum atomic E-state index is 10.4. The standard InChI is InChI=1S/C26H35N3O4/c1-5-31-25-8-6-7-9-26(25)33-19-23(30)18-28(4)17-22-10-12-24(13-11-22)32-15-14-29-21(3)16-20(2)27-29/h6-13,16,23,30H,5,14-15,17-19H2,1-4H3/t23-/m0/s1. The Bertz CT molecular complexity index is 987. The van der Waals surface area contributed by atoms with E-state index in [9.17, 15) is 5.11 Å². The largest absolute Gasteiger partial charge is 0.492 e. The van der Waals surface area contributed by atoms with Crippen molar-refractivity contribution >= 4 is 0 Å². The van der Waals surface area contributed by atoms with Gasteiger partial charge in [-0.1, -0.05) is 24.3 Å². The van der Waals surface area contributed by atoms with Crippen molar-refractivity contribution in [3.8, 4) is 17.2 Å². The molecule has 0 aliphatic carbocycles. The van der Waals surface area contributed by atoms with Crippen molar-refractivity contribution in [3.63, 3.8) is 0 Å². The van der Waals surface area contributed by atoms with Gasteiger partial charge in [0.25, 0.3) is 0 Å². The molecule has 0 radical (unpaired) electrons. The average Bonchev–Trinajstić information content (AvgIpc) is 3.11. The van der Waals surface area contributed by atoms with Crippen LogP contribution in [0.2, 0.25) is 0 Å². The van der Waals surface area contributed by atoms with Crippen molar-refractivity contribution in [2.24, 2.45) is 0 Å². The van der Waals surface area contributed by atoms with E-state index in [0.29, 0.717) is 31.3 Å². The summed E-state index contributed by atoms with van der Waals surface area (Å²) in [6.45, 7) is 9.26. The number of aliphatic hydroxyl groups excluding tert-OH is 1. The molecule has 3 rings (SSSR count). The first-order valence-corrected chi connectivity index (χ1v) is 11.4. The van der Waals surface area contributed by atoms with Gasteiger partial charge in [0.1, 0.15) is 25.1 Å². The number of aryl methyl sites for hydroxylation is 2. The molecule has 2 aromatic carbocycles. The first kappa shape index (κ1) is 24.6. The Morgan fingerprint density at radius 3 is 2.33 bits per heavy atom. The summed E-state index contributed by atoms with van der Waals surface area (Å²) in [5.41, 5.74) is 3.31. The van der Waals surface area contributed by atoms with Crippen LogP contribution in [0.25, 0.3) is 0 Å². The molecular formula is C26H35N3O4. The summed E-state index contributed by atoms with van der Waals surface area (Å²) >= 11 is 0. The lowest BCUT2D eigenvalue weighted by atomic mass is 10.2. The van der Waals surface area contributed by atoms with Gasteiger partial charge >= 0.3 is 0 Å². The lowest BCUT2D eigenvalue weighted by Crippen LogP contribution is -2.32. The molecule has 1 heterocycles. The van der Waals surface area contributed by atoms with Gasteiger partial charge < -0.3 is 19.3 Å². The Hall–Kier alpha value is -3.03. The highest BCUT2D eigenvalue weighted by Crippen LogP contribution is 2.26. The van der Waals surface area contributed by atoms with Crippen LogP contribution < -0.4 is 14.2 Å². The zero-order chi connectivity index (χ0) is 23.6. The van der Waals surface area contributed by atoms with Crippen molar-refractivity contribution in [3.05, 3.63) is 71.5 Å². The van der Waals surface area contributed by atoms with E-state index >= 15 is 0 Å². The fourth-order valence-corrected chi connectivity index (χ4v) is 3.66. The second-order valence-corrected chi connectivity index (χ2v) is 8.18. The summed E-state index contributed by atoms with van der Waals surface area (Å²) in [5, 5.41) is 14.9. The molecule has 0 fully saturated rings. The van der Waals surface area contributed by atoms with Crippen molar-refractivity contribution in [1.82, 2.24) is 14.7 Å². The number of para-hydroxylation sites is 2. The molecule has 178 valence electrons. The minimum Gasteiger partial charge on any atom is -0.492 e. The molecule has 0 amide bonds. The van der Waals surface area contributed by atoms with Crippen LogP contribution in [0.15, 0.2) is 54.6 Å². The summed E-state index contributed by atoms with van der Waals surface area (Å²) in [4.78, 5) is 2.07. The van der Waals surface area contributed by atoms with Crippen molar-refractivity contribution < 1.29 is 19.3 Å². The van der Waals surface area contributed by atoms with Crippen LogP contribution in [0.4, 0.5) is 0 Å². The van der Waals surface area contributed by atoms with Crippen LogP contribution >= 0.6 is 0 Å². The molecule has 0 bridgehead atoms. The van der Waals surface area contributed by atoms with E-state index in [1.165, 1.54) is 0 Å². The Morgan fingerprint density at radius 2 is 1.70 bits per heavy atom. The molecule has 1 aromatic heterocycles. The Balaban J connectivity index is 1.40. The van der Waals surface area contributed by atoms with E-state index in [-0.39, 0.29) is 6.61 Å². The molecule has 0 saturated heterocycles. The molecule has 1 atom stereocenters. The number of ether oxygens (including phenoxy) is 3. The highest BCUT2D eigenvalue weighted by Gasteiger charge is 2.12. The molecule has 7 heteroatoms. The van der Waals surface area contributed by atoms with Gasteiger partial charge in [-0.25, -0.2) is 0 Å². The molecule has 0 aliphatic rings. The smallest absolute Gasteiger partial charge is 0.161 e. The number of aliphatic hydroxyl groups is 1. The minimum atomic E-state index is -0.610. The third-order valence-electron chi connectivity index (χ3n) is 5.15. The first-order chi connectivity index (χ1) is 15.9. The Labute approximate surface area is 196 Å². The predicted octanol–water partition coefficient (Wildman–Crippen LogP) is 3.85. The van der Waals surface area contributed by atoms with Crippen LogP contribution in [-0.4, -0.2) is 59.3 Å². The van der Waals surface area contributed by atoms with E-state index in [4.69, 9.17) is 14.2 Å². The number of benzene rings is 2. The van der Waals surface area contributed by atoms with Crippen molar-refractivity contribution in [2.75, 3.05) is 33.4 Å². The predicted molar refractivity (Wildman–Crippen MR) is 129 cm³/mol. The number of hydrogen-bond acceptors (Lipinski definition) is 6. The monoisotopic (exact) mass is 453 g/mol. The zero-order valence-corrected chi connectivity index (χ0v) is 20.0. The highest BCUT2D eigenvalue weighted by molar-refractivity contribution is 5.39. The average molecular weight is 454 g/mol. The van der Waals surface area contributed by atoms with Crippen LogP contribution in [0.1, 0.15) is 23.9 Å². The van der Waals surface area contributed by atoms with E-state index < -0.39 is 6.10 Å². The van der Waals surface area contributed by atoms with Crippen LogP contribution in [0.3, 0.4) is 0 Å². The molecule has 0 spiro atoms. The third-order valence-corrected chi connectivity index (χ3v) is 5.15. The number of aromatic nitrogens is 2. The molecule has 0 unspecified atom stereocenters. The number of rotatable bonds is 13. The molecule has 0 saturated carbocycles. The quantitative estimate of drug-likeness (QED) is 0.424. The SMILES string of the molecule is CCOc1ccccc1OC[C@@H](O)CN(C)Cc1ccc(OCCn2nc(C)cc2C)cc1. The number of likely N-dealkylation sites (N-methyl/N-ethyl adjacent to an activating group) is 1. The Kier molecular flexibility index (Phi) is 9.15. The van der Waals surface area contributed by atoms with Gasteiger partial charge in [-0.2, -0.15) is 5.10 Å². The highest BCUT2D eigenvalue weighted by atomic mass is 16.5. The van der Waals surface area contributed by atoms with Gasteiger partial charge in [-0.05, 0) is 63.7 Å². The van der Waals surface area contributed by atoms with E-state index in [1.807, 2.05) is 68.9 Å². The van der Waals surface area contributed by atoms with E-state index in [1.54, 1.807) is 0 Å².